The van der Waals surface area contributed by atoms with Crippen molar-refractivity contribution in [2.75, 3.05) is 0 Å². The van der Waals surface area contributed by atoms with Crippen molar-refractivity contribution >= 4 is 29.1 Å². The molecule has 0 spiro atoms. The standard InChI is InChI=1S/C16H16Cl2N2O/c1-11(2)20(10-12-5-3-6-13(17)9-12)16(21)14-7-4-8-15(18)19-14/h3-9,11H,10H2,1-2H3. The van der Waals surface area contributed by atoms with Crippen molar-refractivity contribution in [1.29, 1.82) is 0 Å². The van der Waals surface area contributed by atoms with Gasteiger partial charge in [-0.1, -0.05) is 41.4 Å². The molecular weight excluding hydrogens is 307 g/mol. The first-order valence-corrected chi connectivity index (χ1v) is 7.41. The van der Waals surface area contributed by atoms with Crippen molar-refractivity contribution in [3.63, 3.8) is 0 Å². The molecule has 0 aliphatic carbocycles. The number of carbonyl (C=O) groups excluding carboxylic acids is 1. The predicted octanol–water partition coefficient (Wildman–Crippen LogP) is 4.44. The van der Waals surface area contributed by atoms with Gasteiger partial charge in [0, 0.05) is 17.6 Å². The van der Waals surface area contributed by atoms with Crippen molar-refractivity contribution in [3.05, 3.63) is 63.9 Å². The molecule has 5 heteroatoms. The zero-order valence-corrected chi connectivity index (χ0v) is 13.4. The summed E-state index contributed by atoms with van der Waals surface area (Å²) in [6.45, 7) is 4.41. The fourth-order valence-electron chi connectivity index (χ4n) is 2.00. The van der Waals surface area contributed by atoms with E-state index in [1.165, 1.54) is 0 Å². The van der Waals surface area contributed by atoms with Crippen LogP contribution < -0.4 is 0 Å². The first kappa shape index (κ1) is 15.8. The zero-order valence-electron chi connectivity index (χ0n) is 11.9. The molecule has 1 aromatic carbocycles. The molecule has 3 nitrogen and oxygen atoms in total. The third kappa shape index (κ3) is 4.19. The molecule has 0 aliphatic heterocycles. The van der Waals surface area contributed by atoms with Crippen molar-refractivity contribution in [3.8, 4) is 0 Å². The summed E-state index contributed by atoms with van der Waals surface area (Å²) in [4.78, 5) is 18.4. The van der Waals surface area contributed by atoms with Gasteiger partial charge in [-0.15, -0.1) is 0 Å². The van der Waals surface area contributed by atoms with E-state index in [-0.39, 0.29) is 11.9 Å². The van der Waals surface area contributed by atoms with E-state index in [9.17, 15) is 4.79 Å². The average molecular weight is 323 g/mol. The van der Waals surface area contributed by atoms with Crippen LogP contribution in [0.25, 0.3) is 0 Å². The molecule has 0 radical (unpaired) electrons. The maximum absolute atomic E-state index is 12.6. The maximum atomic E-state index is 12.6. The van der Waals surface area contributed by atoms with E-state index in [0.717, 1.165) is 5.56 Å². The van der Waals surface area contributed by atoms with Gasteiger partial charge in [0.05, 0.1) is 0 Å². The number of amides is 1. The molecule has 1 aromatic heterocycles. The van der Waals surface area contributed by atoms with E-state index in [0.29, 0.717) is 22.4 Å². The number of carbonyl (C=O) groups is 1. The van der Waals surface area contributed by atoms with Gasteiger partial charge in [0.1, 0.15) is 10.8 Å². The Labute approximate surface area is 134 Å². The average Bonchev–Trinajstić information content (AvgIpc) is 2.44. The van der Waals surface area contributed by atoms with Gasteiger partial charge in [-0.3, -0.25) is 4.79 Å². The summed E-state index contributed by atoms with van der Waals surface area (Å²) in [5, 5.41) is 0.969. The van der Waals surface area contributed by atoms with Crippen molar-refractivity contribution in [2.24, 2.45) is 0 Å². The third-order valence-electron chi connectivity index (χ3n) is 3.06. The molecule has 0 unspecified atom stereocenters. The van der Waals surface area contributed by atoms with E-state index in [2.05, 4.69) is 4.98 Å². The Bertz CT molecular complexity index is 644. The van der Waals surface area contributed by atoms with Crippen LogP contribution in [-0.4, -0.2) is 21.8 Å². The smallest absolute Gasteiger partial charge is 0.273 e. The van der Waals surface area contributed by atoms with E-state index in [4.69, 9.17) is 23.2 Å². The first-order valence-electron chi connectivity index (χ1n) is 6.65. The second-order valence-electron chi connectivity index (χ2n) is 5.00. The molecule has 0 saturated carbocycles. The molecule has 0 saturated heterocycles. The van der Waals surface area contributed by atoms with Crippen LogP contribution in [0.5, 0.6) is 0 Å². The van der Waals surface area contributed by atoms with Crippen LogP contribution in [0.3, 0.4) is 0 Å². The highest BCUT2D eigenvalue weighted by Gasteiger charge is 2.20. The fourth-order valence-corrected chi connectivity index (χ4v) is 2.37. The molecule has 0 bridgehead atoms. The highest BCUT2D eigenvalue weighted by atomic mass is 35.5. The first-order chi connectivity index (χ1) is 9.97. The molecular formula is C16H16Cl2N2O. The number of nitrogens with zero attached hydrogens (tertiary/aromatic N) is 2. The van der Waals surface area contributed by atoms with Crippen LogP contribution in [0.4, 0.5) is 0 Å². The molecule has 2 aromatic rings. The number of pyridine rings is 1. The lowest BCUT2D eigenvalue weighted by molar-refractivity contribution is 0.0684. The molecule has 1 amide bonds. The molecule has 0 atom stereocenters. The molecule has 0 aliphatic rings. The van der Waals surface area contributed by atoms with Crippen LogP contribution >= 0.6 is 23.2 Å². The number of hydrogen-bond donors (Lipinski definition) is 0. The van der Waals surface area contributed by atoms with E-state index in [1.54, 1.807) is 23.1 Å². The summed E-state index contributed by atoms with van der Waals surface area (Å²) >= 11 is 11.8. The Morgan fingerprint density at radius 3 is 2.52 bits per heavy atom. The van der Waals surface area contributed by atoms with Gasteiger partial charge >= 0.3 is 0 Å². The summed E-state index contributed by atoms with van der Waals surface area (Å²) in [5.41, 5.74) is 1.32. The quantitative estimate of drug-likeness (QED) is 0.779. The fraction of sp³-hybridized carbons (Fsp3) is 0.250. The second-order valence-corrected chi connectivity index (χ2v) is 5.83. The van der Waals surface area contributed by atoms with E-state index < -0.39 is 0 Å². The lowest BCUT2D eigenvalue weighted by atomic mass is 10.1. The normalized spacial score (nSPS) is 10.7. The van der Waals surface area contributed by atoms with Gasteiger partial charge < -0.3 is 4.90 Å². The van der Waals surface area contributed by atoms with Crippen LogP contribution in [0.15, 0.2) is 42.5 Å². The van der Waals surface area contributed by atoms with Gasteiger partial charge in [0.2, 0.25) is 0 Å². The topological polar surface area (TPSA) is 33.2 Å². The number of rotatable bonds is 4. The summed E-state index contributed by atoms with van der Waals surface area (Å²) in [6.07, 6.45) is 0. The summed E-state index contributed by atoms with van der Waals surface area (Å²) in [7, 11) is 0. The summed E-state index contributed by atoms with van der Waals surface area (Å²) < 4.78 is 0. The Morgan fingerprint density at radius 1 is 1.19 bits per heavy atom. The van der Waals surface area contributed by atoms with Crippen LogP contribution in [0, 0.1) is 0 Å². The largest absolute Gasteiger partial charge is 0.331 e. The predicted molar refractivity (Wildman–Crippen MR) is 85.7 cm³/mol. The van der Waals surface area contributed by atoms with Crippen molar-refractivity contribution in [2.45, 2.75) is 26.4 Å². The van der Waals surface area contributed by atoms with Gasteiger partial charge in [-0.2, -0.15) is 0 Å². The molecule has 0 N–H and O–H groups in total. The highest BCUT2D eigenvalue weighted by Crippen LogP contribution is 2.16. The van der Waals surface area contributed by atoms with Gasteiger partial charge in [-0.25, -0.2) is 4.98 Å². The number of benzene rings is 1. The molecule has 1 heterocycles. The summed E-state index contributed by atoms with van der Waals surface area (Å²) in [5.74, 6) is -0.146. The Balaban J connectivity index is 2.25. The lowest BCUT2D eigenvalue weighted by Crippen LogP contribution is -2.36. The highest BCUT2D eigenvalue weighted by molar-refractivity contribution is 6.30. The van der Waals surface area contributed by atoms with Crippen molar-refractivity contribution in [1.82, 2.24) is 9.88 Å². The number of halogens is 2. The van der Waals surface area contributed by atoms with Crippen LogP contribution in [0.2, 0.25) is 10.2 Å². The minimum Gasteiger partial charge on any atom is -0.331 e. The monoisotopic (exact) mass is 322 g/mol. The maximum Gasteiger partial charge on any atom is 0.273 e. The number of hydrogen-bond acceptors (Lipinski definition) is 2. The van der Waals surface area contributed by atoms with Gasteiger partial charge in [-0.05, 0) is 43.7 Å². The van der Waals surface area contributed by atoms with Gasteiger partial charge in [0.15, 0.2) is 0 Å². The molecule has 21 heavy (non-hydrogen) atoms. The molecule has 0 fully saturated rings. The Morgan fingerprint density at radius 2 is 1.90 bits per heavy atom. The second kappa shape index (κ2) is 6.92. The Hall–Kier alpha value is -1.58. The SMILES string of the molecule is CC(C)N(Cc1cccc(Cl)c1)C(=O)c1cccc(Cl)n1. The van der Waals surface area contributed by atoms with Crippen LogP contribution in [-0.2, 0) is 6.54 Å². The third-order valence-corrected chi connectivity index (χ3v) is 3.51. The van der Waals surface area contributed by atoms with Gasteiger partial charge in [0.25, 0.3) is 5.91 Å². The molecule has 110 valence electrons. The minimum absolute atomic E-state index is 0.0391. The molecule has 2 rings (SSSR count). The minimum atomic E-state index is -0.146. The summed E-state index contributed by atoms with van der Waals surface area (Å²) in [6, 6.07) is 12.6. The Kier molecular flexibility index (Phi) is 5.21. The lowest BCUT2D eigenvalue weighted by Gasteiger charge is -2.26. The van der Waals surface area contributed by atoms with E-state index >= 15 is 0 Å². The van der Waals surface area contributed by atoms with E-state index in [1.807, 2.05) is 38.1 Å². The van der Waals surface area contributed by atoms with Crippen LogP contribution in [0.1, 0.15) is 29.9 Å². The number of aromatic nitrogens is 1. The van der Waals surface area contributed by atoms with Crippen molar-refractivity contribution < 1.29 is 4.79 Å². The zero-order chi connectivity index (χ0) is 15.4.